The molecule has 0 aromatic rings. The maximum Gasteiger partial charge on any atom is 0.314 e. The average molecular weight is 1100 g/mol. The molecule has 0 radical (unpaired) electrons. The van der Waals surface area contributed by atoms with Crippen LogP contribution < -0.4 is 0 Å². The van der Waals surface area contributed by atoms with Gasteiger partial charge < -0.3 is 129 Å². The van der Waals surface area contributed by atoms with Crippen LogP contribution in [0.3, 0.4) is 0 Å². The molecule has 27 heteroatoms. The van der Waals surface area contributed by atoms with E-state index in [0.29, 0.717) is 56.9 Å². The van der Waals surface area contributed by atoms with Gasteiger partial charge in [-0.05, 0) is 86.5 Å². The molecule has 12 unspecified atom stereocenters. The summed E-state index contributed by atoms with van der Waals surface area (Å²) in [6.07, 6.45) is -37.1. The highest BCUT2D eigenvalue weighted by atomic mass is 16.8. The first-order valence-electron chi connectivity index (χ1n) is 26.3. The van der Waals surface area contributed by atoms with E-state index in [4.69, 9.17) is 47.4 Å². The summed E-state index contributed by atoms with van der Waals surface area (Å²) >= 11 is 0. The van der Waals surface area contributed by atoms with Gasteiger partial charge in [-0.2, -0.15) is 0 Å². The highest BCUT2D eigenvalue weighted by Gasteiger charge is 2.70. The van der Waals surface area contributed by atoms with Crippen LogP contribution in [-0.4, -0.2) is 274 Å². The number of aliphatic hydroxyl groups excluding tert-OH is 16. The second-order valence-electron chi connectivity index (χ2n) is 23.2. The van der Waals surface area contributed by atoms with Crippen molar-refractivity contribution in [2.24, 2.45) is 28.1 Å². The minimum atomic E-state index is -1.98. The van der Waals surface area contributed by atoms with E-state index in [0.717, 1.165) is 6.42 Å². The fraction of sp³-hybridized carbons (Fsp3) is 0.939. The van der Waals surface area contributed by atoms with Gasteiger partial charge in [-0.1, -0.05) is 19.9 Å². The second-order valence-corrected chi connectivity index (χ2v) is 23.2. The maximum atomic E-state index is 14.8. The molecule has 0 amide bonds. The Hall–Kier alpha value is -1.79. The van der Waals surface area contributed by atoms with Crippen LogP contribution in [0, 0.1) is 28.1 Å². The first-order chi connectivity index (χ1) is 35.9. The van der Waals surface area contributed by atoms with Crippen LogP contribution in [0.5, 0.6) is 0 Å². The number of rotatable bonds is 14. The fourth-order valence-electron chi connectivity index (χ4n) is 14.7. The Labute approximate surface area is 437 Å². The van der Waals surface area contributed by atoms with Gasteiger partial charge in [0.2, 0.25) is 6.29 Å². The zero-order valence-corrected chi connectivity index (χ0v) is 42.3. The molecule has 16 N–H and O–H groups in total. The lowest BCUT2D eigenvalue weighted by Crippen LogP contribution is -2.68. The topological polar surface area (TPSA) is 433 Å². The minimum Gasteiger partial charge on any atom is -0.432 e. The number of fused-ring (bicyclic) bond motifs is 3. The summed E-state index contributed by atoms with van der Waals surface area (Å²) in [7, 11) is 0. The van der Waals surface area contributed by atoms with Gasteiger partial charge in [0.15, 0.2) is 31.3 Å². The van der Waals surface area contributed by atoms with Crippen molar-refractivity contribution < 1.29 is 134 Å². The molecule has 4 aliphatic carbocycles. The lowest BCUT2D eigenvalue weighted by atomic mass is 9.41. The Balaban J connectivity index is 0.969. The molecule has 5 saturated heterocycles. The lowest BCUT2D eigenvalue weighted by Gasteiger charge is -2.64. The number of hydrogen-bond donors (Lipinski definition) is 16. The Morgan fingerprint density at radius 1 is 0.539 bits per heavy atom. The van der Waals surface area contributed by atoms with Gasteiger partial charge in [0, 0.05) is 0 Å². The third-order valence-corrected chi connectivity index (χ3v) is 18.8. The number of esters is 1. The summed E-state index contributed by atoms with van der Waals surface area (Å²) in [5, 5.41) is 170. The zero-order valence-electron chi connectivity index (χ0n) is 42.3. The summed E-state index contributed by atoms with van der Waals surface area (Å²) in [6.45, 7) is 4.76. The van der Waals surface area contributed by atoms with Crippen LogP contribution in [0.1, 0.15) is 71.6 Å². The average Bonchev–Trinajstić information content (AvgIpc) is 3.71. The predicted octanol–water partition coefficient (Wildman–Crippen LogP) is -6.65. The Bertz CT molecular complexity index is 2020. The molecule has 5 aliphatic heterocycles. The van der Waals surface area contributed by atoms with E-state index in [-0.39, 0.29) is 11.8 Å². The van der Waals surface area contributed by atoms with Crippen LogP contribution in [0.15, 0.2) is 12.2 Å². The zero-order chi connectivity index (χ0) is 55.1. The van der Waals surface area contributed by atoms with Gasteiger partial charge in [0.25, 0.3) is 0 Å². The molecule has 436 valence electrons. The smallest absolute Gasteiger partial charge is 0.314 e. The first-order valence-corrected chi connectivity index (χ1v) is 26.3. The van der Waals surface area contributed by atoms with Crippen LogP contribution in [-0.2, 0) is 52.2 Å². The third kappa shape index (κ3) is 10.0. The normalized spacial score (nSPS) is 54.6. The highest BCUT2D eigenvalue weighted by Crippen LogP contribution is 2.74. The molecule has 30 atom stereocenters. The van der Waals surface area contributed by atoms with Crippen molar-refractivity contribution in [3.63, 3.8) is 0 Å². The molecule has 0 aromatic heterocycles. The summed E-state index contributed by atoms with van der Waals surface area (Å²) in [4.78, 5) is 14.8. The Morgan fingerprint density at radius 2 is 1.04 bits per heavy atom. The van der Waals surface area contributed by atoms with E-state index >= 15 is 0 Å². The van der Waals surface area contributed by atoms with Gasteiger partial charge in [-0.3, -0.25) is 4.79 Å². The van der Waals surface area contributed by atoms with Crippen LogP contribution in [0.4, 0.5) is 0 Å². The molecule has 2 bridgehead atoms. The molecule has 0 aromatic carbocycles. The predicted molar refractivity (Wildman–Crippen MR) is 246 cm³/mol. The Kier molecular flexibility index (Phi) is 17.4. The van der Waals surface area contributed by atoms with Gasteiger partial charge in [0.05, 0.1) is 44.1 Å². The number of aliphatic hydroxyl groups is 16. The molecule has 5 heterocycles. The van der Waals surface area contributed by atoms with Crippen molar-refractivity contribution in [1.82, 2.24) is 0 Å². The van der Waals surface area contributed by atoms with Crippen molar-refractivity contribution in [2.45, 2.75) is 225 Å². The summed E-state index contributed by atoms with van der Waals surface area (Å²) in [6, 6.07) is 0. The van der Waals surface area contributed by atoms with Crippen molar-refractivity contribution in [3.05, 3.63) is 12.2 Å². The van der Waals surface area contributed by atoms with Gasteiger partial charge in [-0.15, -0.1) is 0 Å². The standard InChI is InChI=1S/C49H78O27/c1-18-11-48-9-5-24-46(2,7-4-8-47(24,3)45(66)75-43-38(33(62)29(58)22(14-52)70-43)73-40-34(63)26(55)19(54)16-67-40)25(48)6-10-49(18,17-48)76-44-39(74-42-36(65)32(61)28(57)21(13-51)69-42)37(30(59)23(15-53)71-44)72-41-35(64)31(60)27(56)20(12-50)68-41/h19-44,50-65H,1,4-17H2,2-3H3/t19-,20?,21+,22?,23?,24?,25+,26?,27-,28-,29-,30-,31+,32?,33+,34?,35?,36?,37+,38?,39?,40-,41+,42+,43+,44+,46-,47-,48?,49+/m1/s1. The van der Waals surface area contributed by atoms with Gasteiger partial charge in [-0.25, -0.2) is 0 Å². The quantitative estimate of drug-likeness (QED) is 0.0437. The molecule has 4 saturated carbocycles. The first kappa shape index (κ1) is 58.9. The third-order valence-electron chi connectivity index (χ3n) is 18.8. The SMILES string of the molecule is C=C1CC23CCC4[C@](C)(C(=O)O[C@@H]5OC(CO)[C@@H](O)[C@H](O)C5O[C@H]5OC[C@@H](O)C(O)C5O)CCC[C@@]4(C)[C@@H]2CC[C@]1(O[C@@H]1OC(CO)[C@@H](O)[C@H](O[C@@H]2OC(CO)[C@@H](O)[C@H](O)C2O)C1O[C@@H]1O[C@@H](CO)[C@@H](O)C(O)C1O)C3. The summed E-state index contributed by atoms with van der Waals surface area (Å²) < 4.78 is 60.2. The van der Waals surface area contributed by atoms with Gasteiger partial charge in [0.1, 0.15) is 110 Å². The van der Waals surface area contributed by atoms with Crippen LogP contribution in [0.2, 0.25) is 0 Å². The fourth-order valence-corrected chi connectivity index (χ4v) is 14.7. The summed E-state index contributed by atoms with van der Waals surface area (Å²) in [5.41, 5.74) is -2.69. The molecule has 76 heavy (non-hydrogen) atoms. The van der Waals surface area contributed by atoms with Gasteiger partial charge >= 0.3 is 5.97 Å². The maximum absolute atomic E-state index is 14.8. The van der Waals surface area contributed by atoms with E-state index < -0.39 is 208 Å². The van der Waals surface area contributed by atoms with Crippen molar-refractivity contribution in [2.75, 3.05) is 33.0 Å². The Morgan fingerprint density at radius 3 is 1.63 bits per heavy atom. The molecular weight excluding hydrogens is 1020 g/mol. The van der Waals surface area contributed by atoms with Crippen molar-refractivity contribution in [1.29, 1.82) is 0 Å². The second kappa shape index (κ2) is 22.5. The number of carbonyl (C=O) groups excluding carboxylic acids is 1. The van der Waals surface area contributed by atoms with E-state index in [2.05, 4.69) is 13.5 Å². The number of carbonyl (C=O) groups is 1. The van der Waals surface area contributed by atoms with E-state index in [1.807, 2.05) is 6.92 Å². The van der Waals surface area contributed by atoms with E-state index in [1.54, 1.807) is 0 Å². The summed E-state index contributed by atoms with van der Waals surface area (Å²) in [5.74, 6) is -1.05. The highest BCUT2D eigenvalue weighted by molar-refractivity contribution is 5.77. The largest absolute Gasteiger partial charge is 0.432 e. The molecule has 9 aliphatic rings. The molecule has 27 nitrogen and oxygen atoms in total. The monoisotopic (exact) mass is 1100 g/mol. The minimum absolute atomic E-state index is 0.0469. The van der Waals surface area contributed by atoms with Crippen molar-refractivity contribution >= 4 is 5.97 Å². The molecular formula is C49H78O27. The molecule has 9 fully saturated rings. The molecule has 9 rings (SSSR count). The van der Waals surface area contributed by atoms with E-state index in [9.17, 15) is 86.5 Å². The molecule has 1 spiro atoms. The van der Waals surface area contributed by atoms with E-state index in [1.165, 1.54) is 0 Å². The van der Waals surface area contributed by atoms with Crippen molar-refractivity contribution in [3.8, 4) is 0 Å². The number of ether oxygens (including phenoxy) is 10. The van der Waals surface area contributed by atoms with Crippen LogP contribution >= 0.6 is 0 Å². The van der Waals surface area contributed by atoms with Crippen LogP contribution in [0.25, 0.3) is 0 Å². The number of hydrogen-bond acceptors (Lipinski definition) is 27. The lowest BCUT2D eigenvalue weighted by molar-refractivity contribution is -0.400.